The molecule has 7 heteroatoms. The Balaban J connectivity index is 2.32. The molecule has 1 saturated heterocycles. The molecule has 0 aliphatic carbocycles. The largest absolute Gasteiger partial charge is 0.364 e. The van der Waals surface area contributed by atoms with Crippen molar-refractivity contribution in [3.63, 3.8) is 0 Å². The van der Waals surface area contributed by atoms with Gasteiger partial charge >= 0.3 is 5.82 Å². The van der Waals surface area contributed by atoms with E-state index in [4.69, 9.17) is 0 Å². The third kappa shape index (κ3) is 2.75. The first-order valence-corrected chi connectivity index (χ1v) is 6.94. The minimum absolute atomic E-state index is 0.165. The first-order valence-electron chi connectivity index (χ1n) is 6.15. The van der Waals surface area contributed by atoms with Gasteiger partial charge in [0.1, 0.15) is 0 Å². The molecule has 6 nitrogen and oxygen atoms in total. The number of halogens is 1. The van der Waals surface area contributed by atoms with Gasteiger partial charge in [0.05, 0.1) is 10.0 Å². The molecule has 0 spiro atoms. The molecule has 102 valence electrons. The van der Waals surface area contributed by atoms with E-state index >= 15 is 0 Å². The van der Waals surface area contributed by atoms with E-state index in [1.807, 2.05) is 6.92 Å². The maximum absolute atomic E-state index is 12.5. The molecular weight excluding hydrogens is 314 g/mol. The molecule has 1 aromatic rings. The van der Waals surface area contributed by atoms with Crippen LogP contribution in [-0.2, 0) is 0 Å². The molecule has 1 aliphatic rings. The van der Waals surface area contributed by atoms with Gasteiger partial charge in [0, 0.05) is 18.7 Å². The molecular formula is C12H14BrN3O3. The molecule has 2 rings (SSSR count). The van der Waals surface area contributed by atoms with Gasteiger partial charge < -0.3 is 15.0 Å². The number of pyridine rings is 1. The van der Waals surface area contributed by atoms with Crippen molar-refractivity contribution in [3.8, 4) is 0 Å². The summed E-state index contributed by atoms with van der Waals surface area (Å²) in [6, 6.07) is 1.46. The molecule has 19 heavy (non-hydrogen) atoms. The van der Waals surface area contributed by atoms with E-state index in [1.165, 1.54) is 12.3 Å². The van der Waals surface area contributed by atoms with E-state index in [0.717, 1.165) is 19.3 Å². The van der Waals surface area contributed by atoms with E-state index in [0.29, 0.717) is 16.6 Å². The standard InChI is InChI=1S/C12H14BrN3O3/c1-2-8-4-3-5-15(8)12(17)9-6-11(16(18)19)14-7-10(9)13/h6-8H,2-5H2,1H3. The van der Waals surface area contributed by atoms with Gasteiger partial charge in [0.25, 0.3) is 5.91 Å². The van der Waals surface area contributed by atoms with Crippen molar-refractivity contribution in [3.05, 3.63) is 32.4 Å². The number of nitrogens with zero attached hydrogens (tertiary/aromatic N) is 3. The first kappa shape index (κ1) is 13.9. The Hall–Kier alpha value is -1.50. The van der Waals surface area contributed by atoms with Crippen LogP contribution < -0.4 is 0 Å². The minimum Gasteiger partial charge on any atom is -0.358 e. The van der Waals surface area contributed by atoms with Crippen LogP contribution in [0.3, 0.4) is 0 Å². The van der Waals surface area contributed by atoms with Crippen molar-refractivity contribution in [2.45, 2.75) is 32.2 Å². The van der Waals surface area contributed by atoms with Crippen molar-refractivity contribution < 1.29 is 9.72 Å². The fourth-order valence-corrected chi connectivity index (χ4v) is 2.76. The average molecular weight is 328 g/mol. The predicted molar refractivity (Wildman–Crippen MR) is 72.9 cm³/mol. The fourth-order valence-electron chi connectivity index (χ4n) is 2.37. The molecule has 0 saturated carbocycles. The maximum atomic E-state index is 12.5. The molecule has 1 unspecified atom stereocenters. The van der Waals surface area contributed by atoms with Crippen LogP contribution in [0.1, 0.15) is 36.5 Å². The maximum Gasteiger partial charge on any atom is 0.364 e. The number of rotatable bonds is 3. The molecule has 0 bridgehead atoms. The predicted octanol–water partition coefficient (Wildman–Crippen LogP) is 2.77. The summed E-state index contributed by atoms with van der Waals surface area (Å²) in [5.41, 5.74) is 0.307. The van der Waals surface area contributed by atoms with Crippen LogP contribution in [0.5, 0.6) is 0 Å². The van der Waals surface area contributed by atoms with Gasteiger partial charge in [-0.2, -0.15) is 0 Å². The fraction of sp³-hybridized carbons (Fsp3) is 0.500. The number of carbonyl (C=O) groups excluding carboxylic acids is 1. The summed E-state index contributed by atoms with van der Waals surface area (Å²) in [6.07, 6.45) is 4.18. The highest BCUT2D eigenvalue weighted by molar-refractivity contribution is 9.10. The Morgan fingerprint density at radius 3 is 3.05 bits per heavy atom. The molecule has 1 aromatic heterocycles. The normalized spacial score (nSPS) is 18.6. The summed E-state index contributed by atoms with van der Waals surface area (Å²) in [7, 11) is 0. The molecule has 1 aliphatic heterocycles. The summed E-state index contributed by atoms with van der Waals surface area (Å²) in [5.74, 6) is -0.472. The number of aromatic nitrogens is 1. The molecule has 2 heterocycles. The zero-order chi connectivity index (χ0) is 14.0. The lowest BCUT2D eigenvalue weighted by molar-refractivity contribution is -0.389. The summed E-state index contributed by atoms with van der Waals surface area (Å²) in [5, 5.41) is 10.7. The molecule has 0 N–H and O–H groups in total. The monoisotopic (exact) mass is 327 g/mol. The topological polar surface area (TPSA) is 76.3 Å². The second kappa shape index (κ2) is 5.64. The van der Waals surface area contributed by atoms with E-state index in [2.05, 4.69) is 20.9 Å². The summed E-state index contributed by atoms with van der Waals surface area (Å²) in [4.78, 5) is 28.1. The van der Waals surface area contributed by atoms with Crippen molar-refractivity contribution in [2.24, 2.45) is 0 Å². The molecule has 1 atom stereocenters. The van der Waals surface area contributed by atoms with Gasteiger partial charge in [0.15, 0.2) is 6.20 Å². The van der Waals surface area contributed by atoms with Crippen LogP contribution >= 0.6 is 15.9 Å². The zero-order valence-corrected chi connectivity index (χ0v) is 12.1. The lowest BCUT2D eigenvalue weighted by atomic mass is 10.1. The molecule has 1 fully saturated rings. The Labute approximate surface area is 119 Å². The summed E-state index contributed by atoms with van der Waals surface area (Å²) in [6.45, 7) is 2.75. The number of hydrogen-bond acceptors (Lipinski definition) is 4. The zero-order valence-electron chi connectivity index (χ0n) is 10.5. The number of hydrogen-bond donors (Lipinski definition) is 0. The van der Waals surface area contributed by atoms with Crippen LogP contribution in [0.15, 0.2) is 16.7 Å². The lowest BCUT2D eigenvalue weighted by Crippen LogP contribution is -2.35. The number of nitro groups is 1. The Morgan fingerprint density at radius 1 is 1.68 bits per heavy atom. The van der Waals surface area contributed by atoms with Crippen LogP contribution in [0, 0.1) is 10.1 Å². The molecule has 1 amide bonds. The van der Waals surface area contributed by atoms with Gasteiger partial charge in [-0.3, -0.25) is 4.79 Å². The van der Waals surface area contributed by atoms with Gasteiger partial charge in [-0.15, -0.1) is 0 Å². The van der Waals surface area contributed by atoms with E-state index in [-0.39, 0.29) is 17.8 Å². The number of likely N-dealkylation sites (tertiary alicyclic amines) is 1. The van der Waals surface area contributed by atoms with Gasteiger partial charge in [0.2, 0.25) is 0 Å². The van der Waals surface area contributed by atoms with Gasteiger partial charge in [-0.1, -0.05) is 6.92 Å². The third-order valence-corrected chi connectivity index (χ3v) is 4.00. The highest BCUT2D eigenvalue weighted by Gasteiger charge is 2.30. The SMILES string of the molecule is CCC1CCCN1C(=O)c1cc([N+](=O)[O-])ncc1Br. The second-order valence-electron chi connectivity index (χ2n) is 4.48. The van der Waals surface area contributed by atoms with Crippen LogP contribution in [0.4, 0.5) is 5.82 Å². The molecule has 0 radical (unpaired) electrons. The van der Waals surface area contributed by atoms with Crippen LogP contribution in [0.2, 0.25) is 0 Å². The van der Waals surface area contributed by atoms with Crippen molar-refractivity contribution >= 4 is 27.7 Å². The van der Waals surface area contributed by atoms with Crippen LogP contribution in [-0.4, -0.2) is 33.3 Å². The lowest BCUT2D eigenvalue weighted by Gasteiger charge is -2.23. The third-order valence-electron chi connectivity index (χ3n) is 3.37. The van der Waals surface area contributed by atoms with Gasteiger partial charge in [-0.25, -0.2) is 0 Å². The average Bonchev–Trinajstić information content (AvgIpc) is 2.86. The number of carbonyl (C=O) groups is 1. The Morgan fingerprint density at radius 2 is 2.42 bits per heavy atom. The molecule has 0 aromatic carbocycles. The quantitative estimate of drug-likeness (QED) is 0.631. The smallest absolute Gasteiger partial charge is 0.358 e. The van der Waals surface area contributed by atoms with Gasteiger partial charge in [-0.05, 0) is 45.1 Å². The minimum atomic E-state index is -0.593. The Bertz CT molecular complexity index is 521. The Kier molecular flexibility index (Phi) is 4.14. The van der Waals surface area contributed by atoms with Crippen molar-refractivity contribution in [1.82, 2.24) is 9.88 Å². The number of amides is 1. The summed E-state index contributed by atoms with van der Waals surface area (Å²) >= 11 is 3.24. The first-order chi connectivity index (χ1) is 9.04. The van der Waals surface area contributed by atoms with E-state index in [1.54, 1.807) is 4.90 Å². The van der Waals surface area contributed by atoms with E-state index < -0.39 is 4.92 Å². The highest BCUT2D eigenvalue weighted by Crippen LogP contribution is 2.26. The van der Waals surface area contributed by atoms with Crippen molar-refractivity contribution in [1.29, 1.82) is 0 Å². The summed E-state index contributed by atoms with van der Waals surface area (Å²) < 4.78 is 0.491. The highest BCUT2D eigenvalue weighted by atomic mass is 79.9. The van der Waals surface area contributed by atoms with Crippen LogP contribution in [0.25, 0.3) is 0 Å². The van der Waals surface area contributed by atoms with Crippen molar-refractivity contribution in [2.75, 3.05) is 6.54 Å². The van der Waals surface area contributed by atoms with E-state index in [9.17, 15) is 14.9 Å². The second-order valence-corrected chi connectivity index (χ2v) is 5.34.